The van der Waals surface area contributed by atoms with E-state index in [-0.39, 0.29) is 0 Å². The number of nitrogens with zero attached hydrogens (tertiary/aromatic N) is 1. The molecule has 0 unspecified atom stereocenters. The molecule has 0 aromatic heterocycles. The Kier molecular flexibility index (Phi) is 5.46. The molecule has 0 bridgehead atoms. The summed E-state index contributed by atoms with van der Waals surface area (Å²) in [5.41, 5.74) is 10.3. The van der Waals surface area contributed by atoms with E-state index in [9.17, 15) is 0 Å². The molecule has 0 saturated heterocycles. The Morgan fingerprint density at radius 2 is 1.74 bits per heavy atom. The van der Waals surface area contributed by atoms with Crippen molar-refractivity contribution in [2.75, 3.05) is 19.5 Å². The minimum Gasteiger partial charge on any atom is -0.493 e. The Labute approximate surface area is 137 Å². The van der Waals surface area contributed by atoms with Crippen molar-refractivity contribution >= 4 is 11.6 Å². The highest BCUT2D eigenvalue weighted by Gasteiger charge is 2.04. The summed E-state index contributed by atoms with van der Waals surface area (Å²) in [5.74, 6) is 1.75. The van der Waals surface area contributed by atoms with Crippen LogP contribution in [0.1, 0.15) is 16.7 Å². The maximum atomic E-state index is 5.95. The van der Waals surface area contributed by atoms with Crippen LogP contribution < -0.4 is 20.5 Å². The van der Waals surface area contributed by atoms with Crippen molar-refractivity contribution in [2.24, 2.45) is 10.7 Å². The second-order valence-corrected chi connectivity index (χ2v) is 5.31. The molecule has 3 N–H and O–H groups in total. The molecule has 0 aliphatic heterocycles. The van der Waals surface area contributed by atoms with Gasteiger partial charge in [-0.3, -0.25) is 0 Å². The van der Waals surface area contributed by atoms with Crippen molar-refractivity contribution in [3.63, 3.8) is 0 Å². The van der Waals surface area contributed by atoms with E-state index in [1.807, 2.05) is 30.3 Å². The van der Waals surface area contributed by atoms with E-state index < -0.39 is 0 Å². The maximum absolute atomic E-state index is 5.95. The number of methoxy groups -OCH3 is 2. The molecule has 2 aromatic rings. The maximum Gasteiger partial charge on any atom is 0.193 e. The van der Waals surface area contributed by atoms with Crippen LogP contribution in [0, 0.1) is 13.8 Å². The zero-order chi connectivity index (χ0) is 16.8. The second kappa shape index (κ2) is 7.54. The van der Waals surface area contributed by atoms with Crippen LogP contribution in [0.25, 0.3) is 0 Å². The third kappa shape index (κ3) is 4.39. The van der Waals surface area contributed by atoms with Crippen molar-refractivity contribution in [2.45, 2.75) is 20.4 Å². The topological polar surface area (TPSA) is 68.9 Å². The molecular formula is C18H23N3O2. The lowest BCUT2D eigenvalue weighted by Gasteiger charge is -2.10. The average Bonchev–Trinajstić information content (AvgIpc) is 2.56. The monoisotopic (exact) mass is 313 g/mol. The lowest BCUT2D eigenvalue weighted by molar-refractivity contribution is 0.354. The molecule has 2 aromatic carbocycles. The van der Waals surface area contributed by atoms with E-state index in [0.717, 1.165) is 11.3 Å². The van der Waals surface area contributed by atoms with Gasteiger partial charge in [-0.2, -0.15) is 0 Å². The van der Waals surface area contributed by atoms with Crippen LogP contribution in [-0.2, 0) is 6.54 Å². The molecule has 0 radical (unpaired) electrons. The van der Waals surface area contributed by atoms with Gasteiger partial charge in [-0.05, 0) is 54.8 Å². The predicted molar refractivity (Wildman–Crippen MR) is 94.4 cm³/mol. The summed E-state index contributed by atoms with van der Waals surface area (Å²) in [7, 11) is 3.22. The molecule has 0 aliphatic carbocycles. The molecule has 0 saturated carbocycles. The zero-order valence-electron chi connectivity index (χ0n) is 14.0. The van der Waals surface area contributed by atoms with Gasteiger partial charge in [-0.15, -0.1) is 0 Å². The number of benzene rings is 2. The van der Waals surface area contributed by atoms with Crippen molar-refractivity contribution < 1.29 is 9.47 Å². The summed E-state index contributed by atoms with van der Waals surface area (Å²) in [6.07, 6.45) is 0. The quantitative estimate of drug-likeness (QED) is 0.657. The number of hydrogen-bond acceptors (Lipinski definition) is 3. The third-order valence-electron chi connectivity index (χ3n) is 3.66. The molecule has 0 heterocycles. The number of ether oxygens (including phenoxy) is 2. The molecule has 5 nitrogen and oxygen atoms in total. The summed E-state index contributed by atoms with van der Waals surface area (Å²) in [6.45, 7) is 4.61. The first-order chi connectivity index (χ1) is 11.0. The van der Waals surface area contributed by atoms with Gasteiger partial charge >= 0.3 is 0 Å². The fraction of sp³-hybridized carbons (Fsp3) is 0.278. The van der Waals surface area contributed by atoms with Crippen LogP contribution in [0.5, 0.6) is 11.5 Å². The minimum atomic E-state index is 0.378. The molecular weight excluding hydrogens is 290 g/mol. The predicted octanol–water partition coefficient (Wildman–Crippen LogP) is 3.25. The van der Waals surface area contributed by atoms with E-state index in [1.165, 1.54) is 11.1 Å². The molecule has 0 atom stereocenters. The first-order valence-corrected chi connectivity index (χ1v) is 7.38. The van der Waals surface area contributed by atoms with E-state index in [1.54, 1.807) is 14.2 Å². The fourth-order valence-corrected chi connectivity index (χ4v) is 2.16. The normalized spacial score (nSPS) is 11.2. The van der Waals surface area contributed by atoms with Gasteiger partial charge < -0.3 is 20.5 Å². The van der Waals surface area contributed by atoms with Gasteiger partial charge in [-0.1, -0.05) is 12.1 Å². The van der Waals surface area contributed by atoms with Gasteiger partial charge in [0.2, 0.25) is 0 Å². The Morgan fingerprint density at radius 1 is 1.00 bits per heavy atom. The van der Waals surface area contributed by atoms with Gasteiger partial charge in [0.05, 0.1) is 20.8 Å². The van der Waals surface area contributed by atoms with Crippen LogP contribution >= 0.6 is 0 Å². The smallest absolute Gasteiger partial charge is 0.193 e. The van der Waals surface area contributed by atoms with Crippen LogP contribution in [0.3, 0.4) is 0 Å². The van der Waals surface area contributed by atoms with Crippen LogP contribution in [0.4, 0.5) is 5.69 Å². The average molecular weight is 313 g/mol. The van der Waals surface area contributed by atoms with Gasteiger partial charge in [0.15, 0.2) is 17.5 Å². The van der Waals surface area contributed by atoms with Crippen molar-refractivity contribution in [1.29, 1.82) is 0 Å². The van der Waals surface area contributed by atoms with Crippen molar-refractivity contribution in [3.8, 4) is 11.5 Å². The second-order valence-electron chi connectivity index (χ2n) is 5.31. The van der Waals surface area contributed by atoms with Gasteiger partial charge in [-0.25, -0.2) is 4.99 Å². The number of anilines is 1. The number of nitrogens with one attached hydrogen (secondary N) is 1. The largest absolute Gasteiger partial charge is 0.493 e. The van der Waals surface area contributed by atoms with Gasteiger partial charge in [0, 0.05) is 5.69 Å². The SMILES string of the molecule is COc1ccc(CN=C(N)Nc2ccc(C)c(C)c2)cc1OC. The standard InChI is InChI=1S/C18H23N3O2/c1-12-5-7-15(9-13(12)2)21-18(19)20-11-14-6-8-16(22-3)17(10-14)23-4/h5-10H,11H2,1-4H3,(H3,19,20,21). The molecule has 5 heteroatoms. The summed E-state index contributed by atoms with van der Waals surface area (Å²) in [5, 5.41) is 3.10. The highest BCUT2D eigenvalue weighted by Crippen LogP contribution is 2.27. The lowest BCUT2D eigenvalue weighted by atomic mass is 10.1. The van der Waals surface area contributed by atoms with Crippen LogP contribution in [0.15, 0.2) is 41.4 Å². The first kappa shape index (κ1) is 16.7. The Hall–Kier alpha value is -2.69. The van der Waals surface area contributed by atoms with Gasteiger partial charge in [0.1, 0.15) is 0 Å². The number of guanidine groups is 1. The highest BCUT2D eigenvalue weighted by atomic mass is 16.5. The van der Waals surface area contributed by atoms with Crippen LogP contribution in [0.2, 0.25) is 0 Å². The molecule has 0 aliphatic rings. The molecule has 122 valence electrons. The molecule has 23 heavy (non-hydrogen) atoms. The number of aryl methyl sites for hydroxylation is 2. The summed E-state index contributed by atoms with van der Waals surface area (Å²) >= 11 is 0. The third-order valence-corrected chi connectivity index (χ3v) is 3.66. The Bertz CT molecular complexity index is 711. The number of hydrogen-bond donors (Lipinski definition) is 2. The fourth-order valence-electron chi connectivity index (χ4n) is 2.16. The first-order valence-electron chi connectivity index (χ1n) is 7.38. The van der Waals surface area contributed by atoms with E-state index in [4.69, 9.17) is 15.2 Å². The lowest BCUT2D eigenvalue weighted by Crippen LogP contribution is -2.22. The summed E-state index contributed by atoms with van der Waals surface area (Å²) < 4.78 is 10.5. The van der Waals surface area contributed by atoms with E-state index in [2.05, 4.69) is 30.2 Å². The molecule has 0 spiro atoms. The zero-order valence-corrected chi connectivity index (χ0v) is 14.0. The van der Waals surface area contributed by atoms with Crippen molar-refractivity contribution in [1.82, 2.24) is 0 Å². The van der Waals surface area contributed by atoms with Gasteiger partial charge in [0.25, 0.3) is 0 Å². The number of aliphatic imine (C=N–C) groups is 1. The number of rotatable bonds is 5. The molecule has 0 fully saturated rings. The summed E-state index contributed by atoms with van der Waals surface area (Å²) in [6, 6.07) is 11.8. The molecule has 0 amide bonds. The van der Waals surface area contributed by atoms with E-state index >= 15 is 0 Å². The van der Waals surface area contributed by atoms with Crippen LogP contribution in [-0.4, -0.2) is 20.2 Å². The minimum absolute atomic E-state index is 0.378. The molecule has 2 rings (SSSR count). The highest BCUT2D eigenvalue weighted by molar-refractivity contribution is 5.92. The van der Waals surface area contributed by atoms with E-state index in [0.29, 0.717) is 24.0 Å². The number of nitrogens with two attached hydrogens (primary N) is 1. The Morgan fingerprint density at radius 3 is 2.39 bits per heavy atom. The summed E-state index contributed by atoms with van der Waals surface area (Å²) in [4.78, 5) is 4.36. The van der Waals surface area contributed by atoms with Crippen molar-refractivity contribution in [3.05, 3.63) is 53.1 Å². The Balaban J connectivity index is 2.05.